The first-order valence-electron chi connectivity index (χ1n) is 8.68. The van der Waals surface area contributed by atoms with Crippen LogP contribution in [0.1, 0.15) is 15.9 Å². The van der Waals surface area contributed by atoms with Crippen LogP contribution in [0.2, 0.25) is 0 Å². The zero-order valence-corrected chi connectivity index (χ0v) is 14.8. The van der Waals surface area contributed by atoms with E-state index in [0.717, 1.165) is 11.1 Å². The van der Waals surface area contributed by atoms with E-state index >= 15 is 0 Å². The molecule has 0 atom stereocenters. The Morgan fingerprint density at radius 1 is 0.821 bits per heavy atom. The summed E-state index contributed by atoms with van der Waals surface area (Å²) in [5.41, 5.74) is 2.20. The third-order valence-corrected chi connectivity index (χ3v) is 4.41. The summed E-state index contributed by atoms with van der Waals surface area (Å²) in [6.07, 6.45) is 0. The van der Waals surface area contributed by atoms with Crippen molar-refractivity contribution >= 4 is 16.9 Å². The lowest BCUT2D eigenvalue weighted by atomic mass is 10.0. The summed E-state index contributed by atoms with van der Waals surface area (Å²) in [7, 11) is 0. The predicted molar refractivity (Wildman–Crippen MR) is 106 cm³/mol. The van der Waals surface area contributed by atoms with Gasteiger partial charge >= 0.3 is 11.7 Å². The van der Waals surface area contributed by atoms with Crippen LogP contribution in [0.15, 0.2) is 82.4 Å². The predicted octanol–water partition coefficient (Wildman–Crippen LogP) is 3.24. The molecule has 6 heteroatoms. The maximum Gasteiger partial charge on any atom is 0.338 e. The molecule has 0 fully saturated rings. The number of hydrogen-bond donors (Lipinski definition) is 2. The first kappa shape index (κ1) is 17.5. The molecule has 0 aliphatic heterocycles. The monoisotopic (exact) mass is 372 g/mol. The standard InChI is InChI=1S/C22H16N2O4/c25-20-19-17(7-4-8-18(19)23-22(27)24-20)15-9-11-16(12-10-15)21(26)28-13-14-5-2-1-3-6-14/h1-12H,13H2,(H2,23,24,25,27). The molecule has 0 bridgehead atoms. The minimum atomic E-state index is -0.550. The Bertz CT molecular complexity index is 1260. The highest BCUT2D eigenvalue weighted by Crippen LogP contribution is 2.25. The Balaban J connectivity index is 1.60. The fraction of sp³-hybridized carbons (Fsp3) is 0.0455. The molecular formula is C22H16N2O4. The highest BCUT2D eigenvalue weighted by atomic mass is 16.5. The summed E-state index contributed by atoms with van der Waals surface area (Å²) >= 11 is 0. The Morgan fingerprint density at radius 3 is 2.32 bits per heavy atom. The van der Waals surface area contributed by atoms with E-state index < -0.39 is 17.2 Å². The fourth-order valence-corrected chi connectivity index (χ4v) is 3.05. The van der Waals surface area contributed by atoms with Crippen LogP contribution in [-0.2, 0) is 11.3 Å². The maximum absolute atomic E-state index is 12.3. The number of rotatable bonds is 4. The van der Waals surface area contributed by atoms with Gasteiger partial charge in [-0.05, 0) is 34.9 Å². The average Bonchev–Trinajstić information content (AvgIpc) is 2.72. The van der Waals surface area contributed by atoms with Gasteiger partial charge in [0.1, 0.15) is 6.61 Å². The van der Waals surface area contributed by atoms with Gasteiger partial charge < -0.3 is 9.72 Å². The molecular weight excluding hydrogens is 356 g/mol. The minimum Gasteiger partial charge on any atom is -0.457 e. The zero-order chi connectivity index (χ0) is 19.5. The van der Waals surface area contributed by atoms with Crippen LogP contribution in [0.25, 0.3) is 22.0 Å². The van der Waals surface area contributed by atoms with Crippen LogP contribution in [0.5, 0.6) is 0 Å². The van der Waals surface area contributed by atoms with Crippen LogP contribution < -0.4 is 11.2 Å². The van der Waals surface area contributed by atoms with Crippen LogP contribution in [-0.4, -0.2) is 15.9 Å². The summed E-state index contributed by atoms with van der Waals surface area (Å²) in [6.45, 7) is 0.202. The van der Waals surface area contributed by atoms with Crippen molar-refractivity contribution in [2.45, 2.75) is 6.61 Å². The molecule has 0 spiro atoms. The van der Waals surface area contributed by atoms with Crippen molar-refractivity contribution in [1.29, 1.82) is 0 Å². The molecule has 138 valence electrons. The van der Waals surface area contributed by atoms with E-state index in [1.165, 1.54) is 0 Å². The molecule has 0 unspecified atom stereocenters. The van der Waals surface area contributed by atoms with Gasteiger partial charge in [-0.15, -0.1) is 0 Å². The molecule has 0 radical (unpaired) electrons. The van der Waals surface area contributed by atoms with E-state index in [2.05, 4.69) is 9.97 Å². The second kappa shape index (κ2) is 7.36. The summed E-state index contributed by atoms with van der Waals surface area (Å²) in [4.78, 5) is 40.8. The van der Waals surface area contributed by atoms with Gasteiger partial charge in [-0.25, -0.2) is 9.59 Å². The maximum atomic E-state index is 12.3. The number of ether oxygens (including phenoxy) is 1. The molecule has 2 N–H and O–H groups in total. The lowest BCUT2D eigenvalue weighted by molar-refractivity contribution is 0.0473. The van der Waals surface area contributed by atoms with E-state index in [-0.39, 0.29) is 6.61 Å². The number of nitrogens with one attached hydrogen (secondary N) is 2. The Hall–Kier alpha value is -3.93. The van der Waals surface area contributed by atoms with E-state index in [1.54, 1.807) is 42.5 Å². The number of fused-ring (bicyclic) bond motifs is 1. The molecule has 4 aromatic rings. The van der Waals surface area contributed by atoms with Gasteiger partial charge in [-0.2, -0.15) is 0 Å². The Kier molecular flexibility index (Phi) is 4.60. The number of H-pyrrole nitrogens is 2. The van der Waals surface area contributed by atoms with Crippen molar-refractivity contribution < 1.29 is 9.53 Å². The topological polar surface area (TPSA) is 92.0 Å². The van der Waals surface area contributed by atoms with Gasteiger partial charge in [0.25, 0.3) is 5.56 Å². The summed E-state index contributed by atoms with van der Waals surface area (Å²) in [6, 6.07) is 21.5. The van der Waals surface area contributed by atoms with Gasteiger partial charge in [0.2, 0.25) is 0 Å². The van der Waals surface area contributed by atoms with E-state index in [0.29, 0.717) is 22.0 Å². The first-order valence-corrected chi connectivity index (χ1v) is 8.68. The van der Waals surface area contributed by atoms with Crippen molar-refractivity contribution in [2.24, 2.45) is 0 Å². The van der Waals surface area contributed by atoms with Gasteiger partial charge in [-0.3, -0.25) is 9.78 Å². The van der Waals surface area contributed by atoms with E-state index in [4.69, 9.17) is 4.74 Å². The second-order valence-electron chi connectivity index (χ2n) is 6.28. The van der Waals surface area contributed by atoms with E-state index in [9.17, 15) is 14.4 Å². The normalized spacial score (nSPS) is 10.7. The molecule has 0 saturated heterocycles. The molecule has 1 aromatic heterocycles. The number of benzene rings is 3. The number of esters is 1. The first-order chi connectivity index (χ1) is 13.6. The number of aromatic amines is 2. The Morgan fingerprint density at radius 2 is 1.57 bits per heavy atom. The van der Waals surface area contributed by atoms with Crippen molar-refractivity contribution in [3.8, 4) is 11.1 Å². The summed E-state index contributed by atoms with van der Waals surface area (Å²) < 4.78 is 5.33. The molecule has 0 saturated carbocycles. The molecule has 3 aromatic carbocycles. The van der Waals surface area contributed by atoms with Crippen LogP contribution >= 0.6 is 0 Å². The number of carbonyl (C=O) groups excluding carboxylic acids is 1. The minimum absolute atomic E-state index is 0.202. The molecule has 28 heavy (non-hydrogen) atoms. The van der Waals surface area contributed by atoms with Crippen LogP contribution in [0.3, 0.4) is 0 Å². The lowest BCUT2D eigenvalue weighted by Gasteiger charge is -2.08. The smallest absolute Gasteiger partial charge is 0.338 e. The van der Waals surface area contributed by atoms with Gasteiger partial charge in [-0.1, -0.05) is 54.6 Å². The summed E-state index contributed by atoms with van der Waals surface area (Å²) in [5, 5.41) is 0.390. The molecule has 1 heterocycles. The van der Waals surface area contributed by atoms with Crippen molar-refractivity contribution in [2.75, 3.05) is 0 Å². The largest absolute Gasteiger partial charge is 0.457 e. The fourth-order valence-electron chi connectivity index (χ4n) is 3.05. The van der Waals surface area contributed by atoms with Gasteiger partial charge in [0, 0.05) is 0 Å². The quantitative estimate of drug-likeness (QED) is 0.538. The van der Waals surface area contributed by atoms with Crippen LogP contribution in [0, 0.1) is 0 Å². The molecule has 4 rings (SSSR count). The number of carbonyl (C=O) groups is 1. The van der Waals surface area contributed by atoms with Gasteiger partial charge in [0.15, 0.2) is 0 Å². The molecule has 6 nitrogen and oxygen atoms in total. The second-order valence-corrected chi connectivity index (χ2v) is 6.28. The SMILES string of the molecule is O=C(OCc1ccccc1)c1ccc(-c2cccc3[nH]c(=O)[nH]c(=O)c23)cc1. The third kappa shape index (κ3) is 3.48. The Labute approximate surface area is 159 Å². The number of hydrogen-bond acceptors (Lipinski definition) is 4. The zero-order valence-electron chi connectivity index (χ0n) is 14.8. The molecule has 0 aliphatic carbocycles. The molecule has 0 amide bonds. The molecule has 0 aliphatic rings. The van der Waals surface area contributed by atoms with Crippen molar-refractivity contribution in [1.82, 2.24) is 9.97 Å². The van der Waals surface area contributed by atoms with Gasteiger partial charge in [0.05, 0.1) is 16.5 Å². The highest BCUT2D eigenvalue weighted by molar-refractivity contribution is 5.95. The number of aromatic nitrogens is 2. The lowest BCUT2D eigenvalue weighted by Crippen LogP contribution is -2.22. The van der Waals surface area contributed by atoms with E-state index in [1.807, 2.05) is 30.3 Å². The van der Waals surface area contributed by atoms with Crippen molar-refractivity contribution in [3.05, 3.63) is 105 Å². The van der Waals surface area contributed by atoms with Crippen molar-refractivity contribution in [3.63, 3.8) is 0 Å². The third-order valence-electron chi connectivity index (χ3n) is 4.41. The highest BCUT2D eigenvalue weighted by Gasteiger charge is 2.11. The summed E-state index contributed by atoms with van der Waals surface area (Å²) in [5.74, 6) is -0.421. The average molecular weight is 372 g/mol. The van der Waals surface area contributed by atoms with Crippen LogP contribution in [0.4, 0.5) is 0 Å².